The molecule has 6 heavy (non-hydrogen) atoms. The molecule has 0 aliphatic heterocycles. The lowest BCUT2D eigenvalue weighted by Gasteiger charge is -1.84. The van der Waals surface area contributed by atoms with Crippen LogP contribution in [0.5, 0.6) is 0 Å². The van der Waals surface area contributed by atoms with Gasteiger partial charge >= 0.3 is 0 Å². The summed E-state index contributed by atoms with van der Waals surface area (Å²) in [6.45, 7) is -0.206. The van der Waals surface area contributed by atoms with Crippen LogP contribution >= 0.6 is 11.8 Å². The third-order valence-corrected chi connectivity index (χ3v) is 1.000. The summed E-state index contributed by atoms with van der Waals surface area (Å²) in [5.74, 6) is 0.844. The van der Waals surface area contributed by atoms with Crippen LogP contribution in [0.1, 0.15) is 6.42 Å². The fourth-order valence-electron chi connectivity index (χ4n) is 0.157. The van der Waals surface area contributed by atoms with E-state index in [1.165, 1.54) is 11.8 Å². The van der Waals surface area contributed by atoms with Crippen LogP contribution in [0.25, 0.3) is 0 Å². The first-order valence-electron chi connectivity index (χ1n) is 1.84. The molecule has 0 N–H and O–H groups in total. The van der Waals surface area contributed by atoms with Gasteiger partial charge in [-0.15, -0.1) is 0 Å². The fourth-order valence-corrected chi connectivity index (χ4v) is 0.470. The first-order chi connectivity index (χ1) is 2.91. The van der Waals surface area contributed by atoms with E-state index >= 15 is 0 Å². The molecule has 0 heterocycles. The van der Waals surface area contributed by atoms with E-state index in [0.29, 0.717) is 6.42 Å². The van der Waals surface area contributed by atoms with Crippen LogP contribution in [-0.4, -0.2) is 12.4 Å². The lowest BCUT2D eigenvalue weighted by Crippen LogP contribution is -1.76. The molecule has 0 aromatic rings. The second-order valence-corrected chi connectivity index (χ2v) is 1.77. The second-order valence-electron chi connectivity index (χ2n) is 0.951. The Morgan fingerprint density at radius 1 is 1.67 bits per heavy atom. The van der Waals surface area contributed by atoms with Gasteiger partial charge in [0, 0.05) is 6.26 Å². The van der Waals surface area contributed by atoms with E-state index in [4.69, 9.17) is 0 Å². The molecule has 0 aromatic heterocycles. The van der Waals surface area contributed by atoms with Crippen molar-refractivity contribution in [3.63, 3.8) is 0 Å². The van der Waals surface area contributed by atoms with Crippen LogP contribution in [0.15, 0.2) is 0 Å². The summed E-state index contributed by atoms with van der Waals surface area (Å²) in [5, 5.41) is 0. The molecule has 2 heteroatoms. The minimum absolute atomic E-state index is 0.206. The van der Waals surface area contributed by atoms with Crippen molar-refractivity contribution in [1.82, 2.24) is 0 Å². The lowest BCUT2D eigenvalue weighted by atomic mass is 10.6. The minimum Gasteiger partial charge on any atom is -0.251 e. The smallest absolute Gasteiger partial charge is 0.0902 e. The van der Waals surface area contributed by atoms with Crippen LogP contribution in [0, 0.1) is 6.26 Å². The van der Waals surface area contributed by atoms with Gasteiger partial charge < -0.3 is 0 Å². The molecule has 0 saturated heterocycles. The molecule has 0 rings (SSSR count). The van der Waals surface area contributed by atoms with Gasteiger partial charge in [0.05, 0.1) is 6.67 Å². The zero-order valence-electron chi connectivity index (χ0n) is 3.61. The average molecular weight is 107 g/mol. The Bertz CT molecular complexity index is 19.5. The normalized spacial score (nSPS) is 9.00. The molecule has 1 radical (unpaired) electrons. The van der Waals surface area contributed by atoms with E-state index in [-0.39, 0.29) is 6.67 Å². The number of hydrogen-bond acceptors (Lipinski definition) is 1. The van der Waals surface area contributed by atoms with Gasteiger partial charge in [0.15, 0.2) is 0 Å². The van der Waals surface area contributed by atoms with Crippen LogP contribution in [0.3, 0.4) is 0 Å². The molecule has 0 spiro atoms. The van der Waals surface area contributed by atoms with E-state index in [9.17, 15) is 4.39 Å². The van der Waals surface area contributed by atoms with Gasteiger partial charge in [0.2, 0.25) is 0 Å². The summed E-state index contributed by atoms with van der Waals surface area (Å²) in [6, 6.07) is 0. The molecule has 0 atom stereocenters. The van der Waals surface area contributed by atoms with Crippen molar-refractivity contribution in [2.75, 3.05) is 12.4 Å². The summed E-state index contributed by atoms with van der Waals surface area (Å²) >= 11 is 1.44. The molecule has 0 aliphatic rings. The van der Waals surface area contributed by atoms with Crippen molar-refractivity contribution >= 4 is 11.8 Å². The zero-order chi connectivity index (χ0) is 4.83. The van der Waals surface area contributed by atoms with Gasteiger partial charge in [-0.1, -0.05) is 0 Å². The third kappa shape index (κ3) is 4.28. The Labute approximate surface area is 42.1 Å². The number of alkyl halides is 1. The highest BCUT2D eigenvalue weighted by atomic mass is 32.2. The van der Waals surface area contributed by atoms with Gasteiger partial charge in [-0.25, -0.2) is 0 Å². The maximum Gasteiger partial charge on any atom is 0.0902 e. The van der Waals surface area contributed by atoms with E-state index in [2.05, 4.69) is 6.26 Å². The van der Waals surface area contributed by atoms with Crippen molar-refractivity contribution in [2.24, 2.45) is 0 Å². The van der Waals surface area contributed by atoms with Crippen molar-refractivity contribution < 1.29 is 4.39 Å². The molecule has 0 unspecified atom stereocenters. The molecule has 0 bridgehead atoms. The van der Waals surface area contributed by atoms with E-state index in [0.717, 1.165) is 5.75 Å². The van der Waals surface area contributed by atoms with Gasteiger partial charge in [-0.05, 0) is 12.2 Å². The largest absolute Gasteiger partial charge is 0.251 e. The Hall–Kier alpha value is 0.280. The average Bonchev–Trinajstić information content (AvgIpc) is 1.61. The van der Waals surface area contributed by atoms with Gasteiger partial charge in [-0.3, -0.25) is 4.39 Å². The van der Waals surface area contributed by atoms with Crippen LogP contribution < -0.4 is 0 Å². The Kier molecular flexibility index (Phi) is 5.53. The van der Waals surface area contributed by atoms with Crippen LogP contribution in [-0.2, 0) is 0 Å². The number of hydrogen-bond donors (Lipinski definition) is 0. The van der Waals surface area contributed by atoms with Crippen LogP contribution in [0.4, 0.5) is 4.39 Å². The van der Waals surface area contributed by atoms with E-state index in [1.54, 1.807) is 0 Å². The number of halogens is 1. The maximum absolute atomic E-state index is 11.1. The molecule has 0 saturated carbocycles. The first-order valence-corrected chi connectivity index (χ1v) is 3.00. The Morgan fingerprint density at radius 3 is 2.50 bits per heavy atom. The quantitative estimate of drug-likeness (QED) is 0.496. The van der Waals surface area contributed by atoms with Gasteiger partial charge in [-0.2, -0.15) is 11.8 Å². The van der Waals surface area contributed by atoms with Crippen LogP contribution in [0.2, 0.25) is 0 Å². The second kappa shape index (κ2) is 5.28. The monoisotopic (exact) mass is 107 g/mol. The van der Waals surface area contributed by atoms with Gasteiger partial charge in [0.1, 0.15) is 0 Å². The zero-order valence-corrected chi connectivity index (χ0v) is 4.43. The highest BCUT2D eigenvalue weighted by Crippen LogP contribution is 1.96. The third-order valence-electron chi connectivity index (χ3n) is 0.422. The first kappa shape index (κ1) is 6.28. The summed E-state index contributed by atoms with van der Waals surface area (Å²) < 4.78 is 11.1. The molecule has 0 aromatic carbocycles. The summed E-state index contributed by atoms with van der Waals surface area (Å²) in [7, 11) is 0. The standard InChI is InChI=1S/C4H8FS/c1-6-4-2-3-5/h1-4H2. The van der Waals surface area contributed by atoms with Crippen molar-refractivity contribution in [3.05, 3.63) is 6.26 Å². The minimum atomic E-state index is -0.206. The summed E-state index contributed by atoms with van der Waals surface area (Å²) in [4.78, 5) is 0. The topological polar surface area (TPSA) is 0 Å². The van der Waals surface area contributed by atoms with Gasteiger partial charge in [0.25, 0.3) is 0 Å². The van der Waals surface area contributed by atoms with E-state index in [1.807, 2.05) is 0 Å². The summed E-state index contributed by atoms with van der Waals surface area (Å²) in [6.07, 6.45) is 4.12. The Morgan fingerprint density at radius 2 is 2.33 bits per heavy atom. The van der Waals surface area contributed by atoms with E-state index < -0.39 is 0 Å². The molecule has 0 fully saturated rings. The predicted octanol–water partition coefficient (Wildman–Crippen LogP) is 1.87. The molecular weight excluding hydrogens is 99.1 g/mol. The lowest BCUT2D eigenvalue weighted by molar-refractivity contribution is 0.489. The molecule has 0 amide bonds. The van der Waals surface area contributed by atoms with Crippen molar-refractivity contribution in [1.29, 1.82) is 0 Å². The highest BCUT2D eigenvalue weighted by Gasteiger charge is 1.78. The Balaban J connectivity index is 2.34. The van der Waals surface area contributed by atoms with Crippen molar-refractivity contribution in [2.45, 2.75) is 6.42 Å². The maximum atomic E-state index is 11.1. The molecule has 0 aliphatic carbocycles. The molecule has 37 valence electrons. The molecular formula is C4H8FS. The SMILES string of the molecule is [CH2]SCCCF. The number of thioether (sulfide) groups is 1. The molecule has 0 nitrogen and oxygen atoms in total. The van der Waals surface area contributed by atoms with Crippen molar-refractivity contribution in [3.8, 4) is 0 Å². The predicted molar refractivity (Wildman–Crippen MR) is 28.4 cm³/mol. The summed E-state index contributed by atoms with van der Waals surface area (Å²) in [5.41, 5.74) is 0. The fraction of sp³-hybridized carbons (Fsp3) is 0.750. The number of rotatable bonds is 3. The highest BCUT2D eigenvalue weighted by molar-refractivity contribution is 8.00.